The predicted octanol–water partition coefficient (Wildman–Crippen LogP) is 4.15. The van der Waals surface area contributed by atoms with E-state index in [9.17, 15) is 4.79 Å². The summed E-state index contributed by atoms with van der Waals surface area (Å²) in [6.45, 7) is 2.46. The van der Waals surface area contributed by atoms with E-state index in [1.807, 2.05) is 29.3 Å². The molecule has 3 aromatic rings. The molecule has 0 radical (unpaired) electrons. The molecule has 1 aliphatic rings. The molecule has 0 N–H and O–H groups in total. The molecule has 164 valence electrons. The van der Waals surface area contributed by atoms with E-state index in [0.29, 0.717) is 23.8 Å². The molecule has 0 bridgehead atoms. The Hall–Kier alpha value is -2.80. The van der Waals surface area contributed by atoms with Crippen molar-refractivity contribution < 1.29 is 14.3 Å². The Morgan fingerprint density at radius 2 is 2.03 bits per heavy atom. The minimum Gasteiger partial charge on any atom is -0.493 e. The molecule has 7 heteroatoms. The van der Waals surface area contributed by atoms with Crippen molar-refractivity contribution in [2.45, 2.75) is 38.1 Å². The van der Waals surface area contributed by atoms with Gasteiger partial charge < -0.3 is 18.9 Å². The summed E-state index contributed by atoms with van der Waals surface area (Å²) >= 11 is 1.74. The number of nitrogens with zero attached hydrogens (tertiary/aromatic N) is 3. The average molecular weight is 440 g/mol. The third kappa shape index (κ3) is 4.93. The lowest BCUT2D eigenvalue weighted by molar-refractivity contribution is -0.131. The first-order valence-electron chi connectivity index (χ1n) is 10.7. The Labute approximate surface area is 187 Å². The van der Waals surface area contributed by atoms with Gasteiger partial charge in [0.05, 0.1) is 20.6 Å². The third-order valence-corrected chi connectivity index (χ3v) is 6.74. The fourth-order valence-electron chi connectivity index (χ4n) is 4.31. The van der Waals surface area contributed by atoms with Crippen molar-refractivity contribution in [3.05, 3.63) is 64.4 Å². The van der Waals surface area contributed by atoms with E-state index in [4.69, 9.17) is 9.47 Å². The summed E-state index contributed by atoms with van der Waals surface area (Å²) in [5.74, 6) is 2.97. The second kappa shape index (κ2) is 10.0. The molecule has 1 fully saturated rings. The topological polar surface area (TPSA) is 56.6 Å². The number of rotatable bonds is 8. The number of benzene rings is 1. The Kier molecular flexibility index (Phi) is 6.92. The van der Waals surface area contributed by atoms with Crippen LogP contribution < -0.4 is 9.47 Å². The predicted molar refractivity (Wildman–Crippen MR) is 122 cm³/mol. The first-order chi connectivity index (χ1) is 15.2. The Balaban J connectivity index is 1.34. The molecule has 6 nitrogen and oxygen atoms in total. The number of carbonyl (C=O) groups excluding carboxylic acids is 1. The van der Waals surface area contributed by atoms with Crippen LogP contribution in [-0.4, -0.2) is 47.7 Å². The molecule has 1 aliphatic heterocycles. The van der Waals surface area contributed by atoms with Crippen LogP contribution in [0.5, 0.6) is 11.5 Å². The zero-order valence-corrected chi connectivity index (χ0v) is 18.9. The molecule has 1 amide bonds. The lowest BCUT2D eigenvalue weighted by Crippen LogP contribution is -2.39. The number of thiophene rings is 1. The standard InChI is InChI=1S/C24H29N3O3S/c1-29-21-5-3-4-20(23(21)30-2)16-22(28)26-12-7-19(8-13-26)24-25-10-14-27(24)11-6-18-9-15-31-17-18/h3-5,9-10,14-15,17,19H,6-8,11-13,16H2,1-2H3. The van der Waals surface area contributed by atoms with Gasteiger partial charge in [-0.1, -0.05) is 12.1 Å². The Bertz CT molecular complexity index is 991. The second-order valence-electron chi connectivity index (χ2n) is 7.84. The SMILES string of the molecule is COc1cccc(CC(=O)N2CCC(c3nccn3CCc3ccsc3)CC2)c1OC. The quantitative estimate of drug-likeness (QED) is 0.529. The van der Waals surface area contributed by atoms with Crippen molar-refractivity contribution in [1.29, 1.82) is 0 Å². The van der Waals surface area contributed by atoms with Gasteiger partial charge in [0.15, 0.2) is 11.5 Å². The first kappa shape index (κ1) is 21.4. The first-order valence-corrected chi connectivity index (χ1v) is 11.6. The molecule has 1 saturated heterocycles. The second-order valence-corrected chi connectivity index (χ2v) is 8.62. The minimum atomic E-state index is 0.130. The number of methoxy groups -OCH3 is 2. The smallest absolute Gasteiger partial charge is 0.227 e. The highest BCUT2D eigenvalue weighted by atomic mass is 32.1. The average Bonchev–Trinajstić information content (AvgIpc) is 3.49. The van der Waals surface area contributed by atoms with Crippen LogP contribution in [0.4, 0.5) is 0 Å². The van der Waals surface area contributed by atoms with Crippen LogP contribution in [0.2, 0.25) is 0 Å². The van der Waals surface area contributed by atoms with E-state index < -0.39 is 0 Å². The maximum atomic E-state index is 12.9. The Morgan fingerprint density at radius 1 is 1.19 bits per heavy atom. The fourth-order valence-corrected chi connectivity index (χ4v) is 5.01. The number of aryl methyl sites for hydroxylation is 2. The van der Waals surface area contributed by atoms with Gasteiger partial charge in [0.25, 0.3) is 0 Å². The van der Waals surface area contributed by atoms with Gasteiger partial charge >= 0.3 is 0 Å². The van der Waals surface area contributed by atoms with Gasteiger partial charge in [-0.25, -0.2) is 4.98 Å². The van der Waals surface area contributed by atoms with Gasteiger partial charge in [-0.3, -0.25) is 4.79 Å². The molecule has 3 heterocycles. The van der Waals surface area contributed by atoms with Gasteiger partial charge in [0.1, 0.15) is 5.82 Å². The highest BCUT2D eigenvalue weighted by molar-refractivity contribution is 7.07. The maximum absolute atomic E-state index is 12.9. The summed E-state index contributed by atoms with van der Waals surface area (Å²) in [6, 6.07) is 7.85. The number of para-hydroxylation sites is 1. The molecular weight excluding hydrogens is 410 g/mol. The summed E-state index contributed by atoms with van der Waals surface area (Å²) in [4.78, 5) is 19.6. The van der Waals surface area contributed by atoms with Gasteiger partial charge in [0, 0.05) is 43.5 Å². The number of imidazole rings is 1. The zero-order chi connectivity index (χ0) is 21.6. The summed E-state index contributed by atoms with van der Waals surface area (Å²) in [5.41, 5.74) is 2.23. The van der Waals surface area contributed by atoms with Gasteiger partial charge in [-0.05, 0) is 47.7 Å². The molecule has 31 heavy (non-hydrogen) atoms. The fraction of sp³-hybridized carbons (Fsp3) is 0.417. The molecule has 0 saturated carbocycles. The van der Waals surface area contributed by atoms with Crippen molar-refractivity contribution >= 4 is 17.2 Å². The highest BCUT2D eigenvalue weighted by Gasteiger charge is 2.27. The molecule has 0 unspecified atom stereocenters. The monoisotopic (exact) mass is 439 g/mol. The largest absolute Gasteiger partial charge is 0.493 e. The van der Waals surface area contributed by atoms with Crippen LogP contribution in [0.25, 0.3) is 0 Å². The molecule has 0 spiro atoms. The van der Waals surface area contributed by atoms with Gasteiger partial charge in [-0.2, -0.15) is 11.3 Å². The normalized spacial score (nSPS) is 14.6. The van der Waals surface area contributed by atoms with Gasteiger partial charge in [-0.15, -0.1) is 0 Å². The van der Waals surface area contributed by atoms with Crippen LogP contribution in [0.15, 0.2) is 47.4 Å². The van der Waals surface area contributed by atoms with E-state index in [1.54, 1.807) is 25.6 Å². The summed E-state index contributed by atoms with van der Waals surface area (Å²) in [6.07, 6.45) is 7.20. The van der Waals surface area contributed by atoms with Gasteiger partial charge in [0.2, 0.25) is 5.91 Å². The number of carbonyl (C=O) groups is 1. The van der Waals surface area contributed by atoms with Crippen molar-refractivity contribution in [1.82, 2.24) is 14.5 Å². The highest BCUT2D eigenvalue weighted by Crippen LogP contribution is 2.32. The van der Waals surface area contributed by atoms with E-state index in [-0.39, 0.29) is 5.91 Å². The van der Waals surface area contributed by atoms with Crippen LogP contribution in [0.1, 0.15) is 35.7 Å². The molecule has 4 rings (SSSR count). The van der Waals surface area contributed by atoms with Crippen molar-refractivity contribution in [3.63, 3.8) is 0 Å². The number of likely N-dealkylation sites (tertiary alicyclic amines) is 1. The molecule has 0 aliphatic carbocycles. The van der Waals surface area contributed by atoms with E-state index in [1.165, 1.54) is 5.56 Å². The minimum absolute atomic E-state index is 0.130. The molecule has 2 aromatic heterocycles. The number of hydrogen-bond acceptors (Lipinski definition) is 5. The van der Waals surface area contributed by atoms with Crippen molar-refractivity contribution in [2.24, 2.45) is 0 Å². The van der Waals surface area contributed by atoms with E-state index in [0.717, 1.165) is 50.3 Å². The van der Waals surface area contributed by atoms with Crippen molar-refractivity contribution in [2.75, 3.05) is 27.3 Å². The maximum Gasteiger partial charge on any atom is 0.227 e. The lowest BCUT2D eigenvalue weighted by atomic mass is 9.95. The Morgan fingerprint density at radius 3 is 2.74 bits per heavy atom. The van der Waals surface area contributed by atoms with E-state index >= 15 is 0 Å². The number of ether oxygens (including phenoxy) is 2. The molecule has 0 atom stereocenters. The number of piperidine rings is 1. The molecule has 1 aromatic carbocycles. The van der Waals surface area contributed by atoms with E-state index in [2.05, 4.69) is 32.6 Å². The third-order valence-electron chi connectivity index (χ3n) is 6.01. The number of aromatic nitrogens is 2. The number of amides is 1. The van der Waals surface area contributed by atoms with Crippen LogP contribution in [0.3, 0.4) is 0 Å². The molecular formula is C24H29N3O3S. The lowest BCUT2D eigenvalue weighted by Gasteiger charge is -2.32. The zero-order valence-electron chi connectivity index (χ0n) is 18.1. The van der Waals surface area contributed by atoms with Crippen LogP contribution in [-0.2, 0) is 24.2 Å². The van der Waals surface area contributed by atoms with Crippen molar-refractivity contribution in [3.8, 4) is 11.5 Å². The summed E-state index contributed by atoms with van der Waals surface area (Å²) in [5, 5.41) is 4.33. The number of hydrogen-bond donors (Lipinski definition) is 0. The summed E-state index contributed by atoms with van der Waals surface area (Å²) < 4.78 is 13.1. The summed E-state index contributed by atoms with van der Waals surface area (Å²) in [7, 11) is 3.22. The van der Waals surface area contributed by atoms with Crippen LogP contribution in [0, 0.1) is 0 Å². The van der Waals surface area contributed by atoms with Crippen LogP contribution >= 0.6 is 11.3 Å².